The first-order valence-corrected chi connectivity index (χ1v) is 7.18. The minimum absolute atomic E-state index is 0.809. The first-order chi connectivity index (χ1) is 8.90. The molecule has 0 bridgehead atoms. The van der Waals surface area contributed by atoms with Gasteiger partial charge in [-0.1, -0.05) is 26.2 Å². The van der Waals surface area contributed by atoms with E-state index < -0.39 is 0 Å². The van der Waals surface area contributed by atoms with Gasteiger partial charge in [0.2, 0.25) is 0 Å². The number of hydrogen-bond acceptors (Lipinski definition) is 4. The van der Waals surface area contributed by atoms with Crippen LogP contribution in [-0.4, -0.2) is 29.8 Å². The van der Waals surface area contributed by atoms with E-state index in [1.807, 2.05) is 0 Å². The van der Waals surface area contributed by atoms with E-state index in [1.54, 1.807) is 0 Å². The first-order valence-electron chi connectivity index (χ1n) is 7.18. The summed E-state index contributed by atoms with van der Waals surface area (Å²) in [5, 5.41) is 11.9. The van der Waals surface area contributed by atoms with Crippen LogP contribution in [0.4, 0.5) is 5.82 Å². The van der Waals surface area contributed by atoms with Gasteiger partial charge in [0.05, 0.1) is 5.69 Å². The highest BCUT2D eigenvalue weighted by Gasteiger charge is 2.10. The summed E-state index contributed by atoms with van der Waals surface area (Å²) in [5.74, 6) is 1.04. The number of nitrogens with one attached hydrogen (secondary N) is 1. The Kier molecular flexibility index (Phi) is 5.39. The number of aromatic nitrogens is 2. The molecule has 2 heterocycles. The summed E-state index contributed by atoms with van der Waals surface area (Å²) in [6.07, 6.45) is 6.65. The molecule has 100 valence electrons. The van der Waals surface area contributed by atoms with Gasteiger partial charge in [0.1, 0.15) is 0 Å². The fourth-order valence-electron chi connectivity index (χ4n) is 2.35. The van der Waals surface area contributed by atoms with E-state index >= 15 is 0 Å². The predicted molar refractivity (Wildman–Crippen MR) is 74.7 cm³/mol. The Morgan fingerprint density at radius 2 is 1.78 bits per heavy atom. The van der Waals surface area contributed by atoms with Gasteiger partial charge in [0.25, 0.3) is 0 Å². The Balaban J connectivity index is 1.94. The van der Waals surface area contributed by atoms with Gasteiger partial charge in [-0.3, -0.25) is 0 Å². The maximum absolute atomic E-state index is 4.36. The first kappa shape index (κ1) is 13.3. The lowest BCUT2D eigenvalue weighted by Crippen LogP contribution is -2.28. The minimum atomic E-state index is 0.809. The average molecular weight is 248 g/mol. The third kappa shape index (κ3) is 3.95. The molecule has 0 radical (unpaired) electrons. The van der Waals surface area contributed by atoms with Gasteiger partial charge in [-0.25, -0.2) is 0 Å². The van der Waals surface area contributed by atoms with Gasteiger partial charge in [0, 0.05) is 19.6 Å². The molecule has 1 aliphatic rings. The summed E-state index contributed by atoms with van der Waals surface area (Å²) in [6, 6.07) is 4.20. The van der Waals surface area contributed by atoms with Crippen LogP contribution in [0.3, 0.4) is 0 Å². The monoisotopic (exact) mass is 248 g/mol. The second kappa shape index (κ2) is 7.31. The third-order valence-corrected chi connectivity index (χ3v) is 3.44. The highest BCUT2D eigenvalue weighted by atomic mass is 15.3. The van der Waals surface area contributed by atoms with Gasteiger partial charge in [-0.05, 0) is 31.5 Å². The number of anilines is 1. The van der Waals surface area contributed by atoms with Crippen LogP contribution in [0.5, 0.6) is 0 Å². The van der Waals surface area contributed by atoms with Crippen molar-refractivity contribution in [1.29, 1.82) is 0 Å². The lowest BCUT2D eigenvalue weighted by atomic mass is 10.1. The van der Waals surface area contributed by atoms with Crippen LogP contribution in [0.25, 0.3) is 0 Å². The molecule has 1 aromatic rings. The number of rotatable bonds is 4. The van der Waals surface area contributed by atoms with Crippen molar-refractivity contribution in [3.63, 3.8) is 0 Å². The van der Waals surface area contributed by atoms with Crippen LogP contribution in [0, 0.1) is 0 Å². The zero-order valence-corrected chi connectivity index (χ0v) is 11.4. The molecule has 4 heteroatoms. The molecular weight excluding hydrogens is 224 g/mol. The molecule has 2 rings (SSSR count). The molecule has 0 amide bonds. The highest BCUT2D eigenvalue weighted by molar-refractivity contribution is 5.37. The Morgan fingerprint density at radius 1 is 1.06 bits per heavy atom. The smallest absolute Gasteiger partial charge is 0.151 e. The maximum Gasteiger partial charge on any atom is 0.151 e. The van der Waals surface area contributed by atoms with Crippen LogP contribution in [-0.2, 0) is 6.54 Å². The summed E-state index contributed by atoms with van der Waals surface area (Å²) in [5.41, 5.74) is 1.02. The highest BCUT2D eigenvalue weighted by Crippen LogP contribution is 2.16. The largest absolute Gasteiger partial charge is 0.355 e. The van der Waals surface area contributed by atoms with E-state index in [4.69, 9.17) is 0 Å². The third-order valence-electron chi connectivity index (χ3n) is 3.44. The van der Waals surface area contributed by atoms with Crippen LogP contribution < -0.4 is 10.2 Å². The maximum atomic E-state index is 4.36. The second-order valence-electron chi connectivity index (χ2n) is 4.92. The Labute approximate surface area is 110 Å². The van der Waals surface area contributed by atoms with Gasteiger partial charge in [0.15, 0.2) is 5.82 Å². The van der Waals surface area contributed by atoms with Crippen molar-refractivity contribution in [3.8, 4) is 0 Å². The van der Waals surface area contributed by atoms with E-state index in [0.29, 0.717) is 0 Å². The molecule has 0 aliphatic carbocycles. The summed E-state index contributed by atoms with van der Waals surface area (Å²) in [6.45, 7) is 6.13. The number of hydrogen-bond donors (Lipinski definition) is 1. The standard InChI is InChI=1S/C14H24N4/c1-2-15-12-13-8-9-14(17-16-13)18-10-6-4-3-5-7-11-18/h8-9,15H,2-7,10-12H2,1H3. The van der Waals surface area contributed by atoms with E-state index in [9.17, 15) is 0 Å². The lowest BCUT2D eigenvalue weighted by molar-refractivity contribution is 0.552. The van der Waals surface area contributed by atoms with Gasteiger partial charge in [-0.15, -0.1) is 5.10 Å². The van der Waals surface area contributed by atoms with E-state index in [0.717, 1.165) is 37.7 Å². The molecule has 4 nitrogen and oxygen atoms in total. The van der Waals surface area contributed by atoms with Crippen molar-refractivity contribution in [3.05, 3.63) is 17.8 Å². The quantitative estimate of drug-likeness (QED) is 0.888. The molecule has 1 N–H and O–H groups in total. The summed E-state index contributed by atoms with van der Waals surface area (Å²) >= 11 is 0. The summed E-state index contributed by atoms with van der Waals surface area (Å²) in [4.78, 5) is 2.38. The molecule has 1 saturated heterocycles. The fourth-order valence-corrected chi connectivity index (χ4v) is 2.35. The van der Waals surface area contributed by atoms with Crippen LogP contribution in [0.2, 0.25) is 0 Å². The molecule has 0 unspecified atom stereocenters. The molecule has 1 aliphatic heterocycles. The average Bonchev–Trinajstić information content (AvgIpc) is 2.37. The van der Waals surface area contributed by atoms with E-state index in [2.05, 4.69) is 39.5 Å². The minimum Gasteiger partial charge on any atom is -0.355 e. The zero-order chi connectivity index (χ0) is 12.6. The van der Waals surface area contributed by atoms with Crippen molar-refractivity contribution in [2.75, 3.05) is 24.5 Å². The Hall–Kier alpha value is -1.16. The number of nitrogens with zero attached hydrogens (tertiary/aromatic N) is 3. The van der Waals surface area contributed by atoms with Crippen LogP contribution in [0.1, 0.15) is 44.7 Å². The van der Waals surface area contributed by atoms with Crippen molar-refractivity contribution in [1.82, 2.24) is 15.5 Å². The Morgan fingerprint density at radius 3 is 2.39 bits per heavy atom. The molecule has 0 aromatic carbocycles. The van der Waals surface area contributed by atoms with Gasteiger partial charge >= 0.3 is 0 Å². The molecule has 18 heavy (non-hydrogen) atoms. The van der Waals surface area contributed by atoms with Crippen LogP contribution >= 0.6 is 0 Å². The van der Waals surface area contributed by atoms with Gasteiger partial charge in [-0.2, -0.15) is 5.10 Å². The van der Waals surface area contributed by atoms with Crippen LogP contribution in [0.15, 0.2) is 12.1 Å². The fraction of sp³-hybridized carbons (Fsp3) is 0.714. The SMILES string of the molecule is CCNCc1ccc(N2CCCCCCC2)nn1. The van der Waals surface area contributed by atoms with Gasteiger partial charge < -0.3 is 10.2 Å². The van der Waals surface area contributed by atoms with E-state index in [1.165, 1.54) is 32.1 Å². The predicted octanol–water partition coefficient (Wildman–Crippen LogP) is 2.36. The molecule has 0 atom stereocenters. The zero-order valence-electron chi connectivity index (χ0n) is 11.4. The van der Waals surface area contributed by atoms with Crippen molar-refractivity contribution < 1.29 is 0 Å². The van der Waals surface area contributed by atoms with Crippen molar-refractivity contribution >= 4 is 5.82 Å². The molecule has 0 saturated carbocycles. The summed E-state index contributed by atoms with van der Waals surface area (Å²) in [7, 11) is 0. The van der Waals surface area contributed by atoms with E-state index in [-0.39, 0.29) is 0 Å². The second-order valence-corrected chi connectivity index (χ2v) is 4.92. The molecular formula is C14H24N4. The molecule has 0 spiro atoms. The molecule has 1 aromatic heterocycles. The van der Waals surface area contributed by atoms with Crippen molar-refractivity contribution in [2.24, 2.45) is 0 Å². The Bertz CT molecular complexity index is 328. The summed E-state index contributed by atoms with van der Waals surface area (Å²) < 4.78 is 0. The molecule has 1 fully saturated rings. The lowest BCUT2D eigenvalue weighted by Gasteiger charge is -2.25. The topological polar surface area (TPSA) is 41.0 Å². The van der Waals surface area contributed by atoms with Crippen molar-refractivity contribution in [2.45, 2.75) is 45.6 Å². The normalized spacial score (nSPS) is 17.3.